The molecule has 2 N–H and O–H groups in total. The van der Waals surface area contributed by atoms with E-state index in [1.165, 1.54) is 6.07 Å². The van der Waals surface area contributed by atoms with Gasteiger partial charge in [0.05, 0.1) is 0 Å². The van der Waals surface area contributed by atoms with Crippen LogP contribution in [0.3, 0.4) is 0 Å². The minimum atomic E-state index is -0.903. The number of benzene rings is 1. The van der Waals surface area contributed by atoms with Gasteiger partial charge in [-0.1, -0.05) is 0 Å². The molecule has 0 aliphatic rings. The van der Waals surface area contributed by atoms with Gasteiger partial charge in [0.15, 0.2) is 11.6 Å². The number of hydrogen-bond donors (Lipinski definition) is 2. The Labute approximate surface area is 103 Å². The number of nitrogens with one attached hydrogen (secondary N) is 2. The summed E-state index contributed by atoms with van der Waals surface area (Å²) in [5.41, 5.74) is 1.19. The Morgan fingerprint density at radius 2 is 1.83 bits per heavy atom. The highest BCUT2D eigenvalue weighted by Gasteiger charge is 2.05. The molecule has 0 unspecified atom stereocenters. The maximum absolute atomic E-state index is 13.0. The second-order valence-corrected chi connectivity index (χ2v) is 3.72. The summed E-state index contributed by atoms with van der Waals surface area (Å²) < 4.78 is 25.8. The molecule has 0 spiro atoms. The zero-order chi connectivity index (χ0) is 13.1. The molecular formula is C12H12F2N4. The van der Waals surface area contributed by atoms with Crippen molar-refractivity contribution in [3.05, 3.63) is 41.6 Å². The van der Waals surface area contributed by atoms with Crippen molar-refractivity contribution in [2.45, 2.75) is 6.92 Å². The smallest absolute Gasteiger partial charge is 0.224 e. The predicted molar refractivity (Wildman–Crippen MR) is 66.0 cm³/mol. The van der Waals surface area contributed by atoms with Crippen molar-refractivity contribution in [1.29, 1.82) is 0 Å². The van der Waals surface area contributed by atoms with Crippen LogP contribution in [0, 0.1) is 18.6 Å². The molecule has 4 nitrogen and oxygen atoms in total. The van der Waals surface area contributed by atoms with E-state index in [9.17, 15) is 8.78 Å². The third-order valence-corrected chi connectivity index (χ3v) is 2.27. The summed E-state index contributed by atoms with van der Waals surface area (Å²) in [7, 11) is 1.70. The standard InChI is InChI=1S/C12H12F2N4/c1-7-5-11(18-12(15-2)16-7)17-8-3-4-9(13)10(14)6-8/h3-6H,1-2H3,(H2,15,16,17,18). The van der Waals surface area contributed by atoms with E-state index in [0.29, 0.717) is 17.5 Å². The average molecular weight is 250 g/mol. The van der Waals surface area contributed by atoms with E-state index in [1.54, 1.807) is 13.1 Å². The predicted octanol–water partition coefficient (Wildman–Crippen LogP) is 2.85. The lowest BCUT2D eigenvalue weighted by Crippen LogP contribution is -2.02. The molecule has 0 radical (unpaired) electrons. The van der Waals surface area contributed by atoms with E-state index < -0.39 is 11.6 Å². The van der Waals surface area contributed by atoms with Crippen LogP contribution in [0.5, 0.6) is 0 Å². The van der Waals surface area contributed by atoms with Crippen LogP contribution in [-0.4, -0.2) is 17.0 Å². The molecule has 0 aliphatic carbocycles. The fraction of sp³-hybridized carbons (Fsp3) is 0.167. The van der Waals surface area contributed by atoms with Crippen LogP contribution in [0.4, 0.5) is 26.2 Å². The molecule has 18 heavy (non-hydrogen) atoms. The molecule has 94 valence electrons. The second kappa shape index (κ2) is 4.95. The van der Waals surface area contributed by atoms with Gasteiger partial charge in [0.2, 0.25) is 5.95 Å². The number of anilines is 3. The largest absolute Gasteiger partial charge is 0.357 e. The summed E-state index contributed by atoms with van der Waals surface area (Å²) in [6.07, 6.45) is 0. The van der Waals surface area contributed by atoms with E-state index in [4.69, 9.17) is 0 Å². The van der Waals surface area contributed by atoms with E-state index in [-0.39, 0.29) is 0 Å². The summed E-state index contributed by atoms with van der Waals surface area (Å²) in [5.74, 6) is -0.812. The molecule has 1 aromatic heterocycles. The molecule has 1 heterocycles. The monoisotopic (exact) mass is 250 g/mol. The molecule has 1 aromatic carbocycles. The van der Waals surface area contributed by atoms with Crippen LogP contribution in [0.2, 0.25) is 0 Å². The first kappa shape index (κ1) is 12.2. The summed E-state index contributed by atoms with van der Waals surface area (Å²) in [5, 5.41) is 5.71. The number of halogens is 2. The van der Waals surface area contributed by atoms with Gasteiger partial charge in [-0.15, -0.1) is 0 Å². The quantitative estimate of drug-likeness (QED) is 0.879. The van der Waals surface area contributed by atoms with E-state index >= 15 is 0 Å². The molecule has 0 saturated carbocycles. The molecule has 0 aliphatic heterocycles. The first-order valence-corrected chi connectivity index (χ1v) is 5.34. The van der Waals surface area contributed by atoms with Crippen LogP contribution in [0.1, 0.15) is 5.69 Å². The molecule has 0 saturated heterocycles. The van der Waals surface area contributed by atoms with Crippen molar-refractivity contribution in [1.82, 2.24) is 9.97 Å². The number of rotatable bonds is 3. The number of aryl methyl sites for hydroxylation is 1. The average Bonchev–Trinajstić information content (AvgIpc) is 2.33. The van der Waals surface area contributed by atoms with Gasteiger partial charge < -0.3 is 10.6 Å². The molecule has 0 bridgehead atoms. The normalized spacial score (nSPS) is 10.2. The van der Waals surface area contributed by atoms with Crippen molar-refractivity contribution < 1.29 is 8.78 Å². The molecule has 6 heteroatoms. The van der Waals surface area contributed by atoms with Gasteiger partial charge in [-0.3, -0.25) is 0 Å². The van der Waals surface area contributed by atoms with E-state index in [2.05, 4.69) is 20.6 Å². The zero-order valence-corrected chi connectivity index (χ0v) is 9.96. The van der Waals surface area contributed by atoms with E-state index in [0.717, 1.165) is 17.8 Å². The SMILES string of the molecule is CNc1nc(C)cc(Nc2ccc(F)c(F)c2)n1. The van der Waals surface area contributed by atoms with Crippen molar-refractivity contribution in [3.8, 4) is 0 Å². The van der Waals surface area contributed by atoms with Crippen LogP contribution < -0.4 is 10.6 Å². The van der Waals surface area contributed by atoms with Crippen LogP contribution in [-0.2, 0) is 0 Å². The molecule has 0 atom stereocenters. The Hall–Kier alpha value is -2.24. The Morgan fingerprint density at radius 3 is 2.50 bits per heavy atom. The van der Waals surface area contributed by atoms with Gasteiger partial charge in [-0.05, 0) is 19.1 Å². The van der Waals surface area contributed by atoms with Gasteiger partial charge in [-0.2, -0.15) is 4.98 Å². The maximum Gasteiger partial charge on any atom is 0.224 e. The van der Waals surface area contributed by atoms with Crippen molar-refractivity contribution in [2.24, 2.45) is 0 Å². The van der Waals surface area contributed by atoms with Gasteiger partial charge in [-0.25, -0.2) is 13.8 Å². The Morgan fingerprint density at radius 1 is 1.06 bits per heavy atom. The molecule has 0 amide bonds. The first-order chi connectivity index (χ1) is 8.58. The van der Waals surface area contributed by atoms with Crippen LogP contribution in [0.15, 0.2) is 24.3 Å². The topological polar surface area (TPSA) is 49.8 Å². The molecule has 2 rings (SSSR count). The zero-order valence-electron chi connectivity index (χ0n) is 9.96. The summed E-state index contributed by atoms with van der Waals surface area (Å²) in [6.45, 7) is 1.82. The van der Waals surface area contributed by atoms with Crippen LogP contribution >= 0.6 is 0 Å². The van der Waals surface area contributed by atoms with Crippen LogP contribution in [0.25, 0.3) is 0 Å². The van der Waals surface area contributed by atoms with E-state index in [1.807, 2.05) is 6.92 Å². The summed E-state index contributed by atoms with van der Waals surface area (Å²) in [4.78, 5) is 8.28. The fourth-order valence-corrected chi connectivity index (χ4v) is 1.47. The minimum absolute atomic E-state index is 0.425. The van der Waals surface area contributed by atoms with Crippen molar-refractivity contribution >= 4 is 17.5 Å². The fourth-order valence-electron chi connectivity index (χ4n) is 1.47. The highest BCUT2D eigenvalue weighted by molar-refractivity contribution is 5.57. The van der Waals surface area contributed by atoms with Gasteiger partial charge >= 0.3 is 0 Å². The Bertz CT molecular complexity index is 572. The lowest BCUT2D eigenvalue weighted by atomic mass is 10.3. The Kier molecular flexibility index (Phi) is 3.36. The highest BCUT2D eigenvalue weighted by Crippen LogP contribution is 2.18. The van der Waals surface area contributed by atoms with Gasteiger partial charge in [0.25, 0.3) is 0 Å². The molecular weight excluding hydrogens is 238 g/mol. The van der Waals surface area contributed by atoms with Gasteiger partial charge in [0.1, 0.15) is 5.82 Å². The number of hydrogen-bond acceptors (Lipinski definition) is 4. The third kappa shape index (κ3) is 2.71. The number of aromatic nitrogens is 2. The van der Waals surface area contributed by atoms with Crippen molar-refractivity contribution in [2.75, 3.05) is 17.7 Å². The molecule has 2 aromatic rings. The third-order valence-electron chi connectivity index (χ3n) is 2.27. The van der Waals surface area contributed by atoms with Gasteiger partial charge in [0, 0.05) is 30.6 Å². The first-order valence-electron chi connectivity index (χ1n) is 5.34. The van der Waals surface area contributed by atoms with Crippen molar-refractivity contribution in [3.63, 3.8) is 0 Å². The summed E-state index contributed by atoms with van der Waals surface area (Å²) >= 11 is 0. The highest BCUT2D eigenvalue weighted by atomic mass is 19.2. The molecule has 0 fully saturated rings. The number of nitrogens with zero attached hydrogens (tertiary/aromatic N) is 2. The lowest BCUT2D eigenvalue weighted by molar-refractivity contribution is 0.509. The lowest BCUT2D eigenvalue weighted by Gasteiger charge is -2.08. The minimum Gasteiger partial charge on any atom is -0.357 e. The maximum atomic E-state index is 13.0. The Balaban J connectivity index is 2.27. The summed E-state index contributed by atoms with van der Waals surface area (Å²) in [6, 6.07) is 5.29. The second-order valence-electron chi connectivity index (χ2n) is 3.72.